The van der Waals surface area contributed by atoms with E-state index in [1.807, 2.05) is 0 Å². The third kappa shape index (κ3) is 2.87. The first-order chi connectivity index (χ1) is 9.63. The van der Waals surface area contributed by atoms with Crippen molar-refractivity contribution in [1.82, 2.24) is 5.32 Å². The molecule has 0 atom stereocenters. The van der Waals surface area contributed by atoms with Crippen molar-refractivity contribution in [3.63, 3.8) is 0 Å². The lowest BCUT2D eigenvalue weighted by Gasteiger charge is -2.10. The highest BCUT2D eigenvalue weighted by molar-refractivity contribution is 5.96. The Kier molecular flexibility index (Phi) is 3.87. The van der Waals surface area contributed by atoms with Crippen LogP contribution >= 0.6 is 0 Å². The molecule has 0 saturated heterocycles. The Morgan fingerprint density at radius 1 is 1.20 bits per heavy atom. The number of nitrogens with one attached hydrogen (secondary N) is 2. The van der Waals surface area contributed by atoms with Crippen LogP contribution in [0.2, 0.25) is 0 Å². The van der Waals surface area contributed by atoms with Gasteiger partial charge in [0.1, 0.15) is 0 Å². The number of nitrogens with zero attached hydrogens (tertiary/aromatic N) is 1. The summed E-state index contributed by atoms with van der Waals surface area (Å²) in [6.45, 7) is 0. The fraction of sp³-hybridized carbons (Fsp3) is 0.0667. The van der Waals surface area contributed by atoms with E-state index in [0.29, 0.717) is 22.5 Å². The third-order valence-electron chi connectivity index (χ3n) is 2.83. The molecule has 4 N–H and O–H groups in total. The Bertz CT molecular complexity index is 671. The van der Waals surface area contributed by atoms with Gasteiger partial charge in [-0.25, -0.2) is 0 Å². The van der Waals surface area contributed by atoms with Gasteiger partial charge in [0.2, 0.25) is 0 Å². The lowest BCUT2D eigenvalue weighted by atomic mass is 10.1. The van der Waals surface area contributed by atoms with Gasteiger partial charge >= 0.3 is 0 Å². The molecule has 20 heavy (non-hydrogen) atoms. The van der Waals surface area contributed by atoms with Crippen molar-refractivity contribution in [3.05, 3.63) is 53.6 Å². The second-order valence-corrected chi connectivity index (χ2v) is 4.20. The maximum Gasteiger partial charge on any atom is 0.251 e. The van der Waals surface area contributed by atoms with Crippen molar-refractivity contribution in [3.8, 4) is 6.07 Å². The number of nitriles is 1. The molecule has 0 bridgehead atoms. The van der Waals surface area contributed by atoms with Crippen molar-refractivity contribution >= 4 is 23.0 Å². The SMILES string of the molecule is CNC(=O)c1ccc(Nc2ccc(C#N)cc2)c(N)c1. The molecule has 0 aliphatic heterocycles. The predicted octanol–water partition coefficient (Wildman–Crippen LogP) is 2.24. The normalized spacial score (nSPS) is 9.60. The van der Waals surface area contributed by atoms with E-state index >= 15 is 0 Å². The molecule has 0 heterocycles. The molecule has 0 aromatic heterocycles. The Morgan fingerprint density at radius 3 is 2.45 bits per heavy atom. The molecule has 5 heteroatoms. The molecule has 2 aromatic rings. The van der Waals surface area contributed by atoms with Gasteiger partial charge in [-0.1, -0.05) is 0 Å². The number of nitrogens with two attached hydrogens (primary N) is 1. The van der Waals surface area contributed by atoms with E-state index in [9.17, 15) is 4.79 Å². The summed E-state index contributed by atoms with van der Waals surface area (Å²) in [5.74, 6) is -0.179. The molecule has 0 unspecified atom stereocenters. The topological polar surface area (TPSA) is 90.9 Å². The van der Waals surface area contributed by atoms with Crippen LogP contribution in [0.4, 0.5) is 17.1 Å². The van der Waals surface area contributed by atoms with E-state index in [0.717, 1.165) is 5.69 Å². The number of nitrogen functional groups attached to an aromatic ring is 1. The largest absolute Gasteiger partial charge is 0.397 e. The van der Waals surface area contributed by atoms with Crippen molar-refractivity contribution in [2.75, 3.05) is 18.1 Å². The molecule has 0 fully saturated rings. The molecule has 1 amide bonds. The van der Waals surface area contributed by atoms with E-state index < -0.39 is 0 Å². The van der Waals surface area contributed by atoms with E-state index in [2.05, 4.69) is 16.7 Å². The zero-order valence-electron chi connectivity index (χ0n) is 11.0. The van der Waals surface area contributed by atoms with Crippen LogP contribution in [0.3, 0.4) is 0 Å². The van der Waals surface area contributed by atoms with Gasteiger partial charge in [0.15, 0.2) is 0 Å². The van der Waals surface area contributed by atoms with Crippen molar-refractivity contribution in [2.24, 2.45) is 0 Å². The molecule has 2 rings (SSSR count). The number of carbonyl (C=O) groups is 1. The highest BCUT2D eigenvalue weighted by Crippen LogP contribution is 2.24. The number of hydrogen-bond acceptors (Lipinski definition) is 4. The lowest BCUT2D eigenvalue weighted by molar-refractivity contribution is 0.0963. The maximum absolute atomic E-state index is 11.5. The van der Waals surface area contributed by atoms with Crippen LogP contribution in [0.25, 0.3) is 0 Å². The van der Waals surface area contributed by atoms with Crippen LogP contribution in [0.5, 0.6) is 0 Å². The summed E-state index contributed by atoms with van der Waals surface area (Å²) in [5, 5.41) is 14.4. The highest BCUT2D eigenvalue weighted by Gasteiger charge is 2.06. The fourth-order valence-corrected chi connectivity index (χ4v) is 1.75. The number of amides is 1. The van der Waals surface area contributed by atoms with Crippen molar-refractivity contribution in [2.45, 2.75) is 0 Å². The van der Waals surface area contributed by atoms with Gasteiger partial charge in [-0.05, 0) is 42.5 Å². The molecule has 2 aromatic carbocycles. The number of carbonyl (C=O) groups excluding carboxylic acids is 1. The monoisotopic (exact) mass is 266 g/mol. The zero-order valence-corrected chi connectivity index (χ0v) is 11.0. The Hall–Kier alpha value is -3.00. The summed E-state index contributed by atoms with van der Waals surface area (Å²) in [7, 11) is 1.57. The number of anilines is 3. The van der Waals surface area contributed by atoms with Gasteiger partial charge in [-0.15, -0.1) is 0 Å². The van der Waals surface area contributed by atoms with Gasteiger partial charge < -0.3 is 16.4 Å². The van der Waals surface area contributed by atoms with Crippen LogP contribution in [-0.2, 0) is 0 Å². The smallest absolute Gasteiger partial charge is 0.251 e. The van der Waals surface area contributed by atoms with E-state index in [1.165, 1.54) is 0 Å². The van der Waals surface area contributed by atoms with Gasteiger partial charge in [0, 0.05) is 18.3 Å². The van der Waals surface area contributed by atoms with Gasteiger partial charge in [0.25, 0.3) is 5.91 Å². The number of hydrogen-bond donors (Lipinski definition) is 3. The Labute approximate surface area is 117 Å². The summed E-state index contributed by atoms with van der Waals surface area (Å²) in [6.07, 6.45) is 0. The molecular weight excluding hydrogens is 252 g/mol. The van der Waals surface area contributed by atoms with Crippen molar-refractivity contribution in [1.29, 1.82) is 5.26 Å². The minimum atomic E-state index is -0.179. The van der Waals surface area contributed by atoms with Crippen LogP contribution in [-0.4, -0.2) is 13.0 Å². The predicted molar refractivity (Wildman–Crippen MR) is 78.7 cm³/mol. The van der Waals surface area contributed by atoms with E-state index in [4.69, 9.17) is 11.0 Å². The standard InChI is InChI=1S/C15H14N4O/c1-18-15(20)11-4-7-14(13(17)8-11)19-12-5-2-10(9-16)3-6-12/h2-8,19H,17H2,1H3,(H,18,20). The van der Waals surface area contributed by atoms with E-state index in [1.54, 1.807) is 49.5 Å². The molecule has 0 aliphatic rings. The Morgan fingerprint density at radius 2 is 1.90 bits per heavy atom. The van der Waals surface area contributed by atoms with Gasteiger partial charge in [-0.3, -0.25) is 4.79 Å². The van der Waals surface area contributed by atoms with Crippen LogP contribution in [0, 0.1) is 11.3 Å². The second-order valence-electron chi connectivity index (χ2n) is 4.20. The summed E-state index contributed by atoms with van der Waals surface area (Å²) in [6, 6.07) is 14.2. The minimum Gasteiger partial charge on any atom is -0.397 e. The second kappa shape index (κ2) is 5.76. The first-order valence-electron chi connectivity index (χ1n) is 6.03. The Balaban J connectivity index is 2.21. The van der Waals surface area contributed by atoms with Gasteiger partial charge in [-0.2, -0.15) is 5.26 Å². The molecule has 5 nitrogen and oxygen atoms in total. The highest BCUT2D eigenvalue weighted by atomic mass is 16.1. The molecule has 0 radical (unpaired) electrons. The lowest BCUT2D eigenvalue weighted by Crippen LogP contribution is -2.17. The molecule has 0 spiro atoms. The summed E-state index contributed by atoms with van der Waals surface area (Å²) < 4.78 is 0. The summed E-state index contributed by atoms with van der Waals surface area (Å²) in [4.78, 5) is 11.5. The zero-order chi connectivity index (χ0) is 14.5. The average molecular weight is 266 g/mol. The number of benzene rings is 2. The number of rotatable bonds is 3. The summed E-state index contributed by atoms with van der Waals surface area (Å²) >= 11 is 0. The molecule has 0 saturated carbocycles. The van der Waals surface area contributed by atoms with Crippen LogP contribution < -0.4 is 16.4 Å². The average Bonchev–Trinajstić information content (AvgIpc) is 2.49. The fourth-order valence-electron chi connectivity index (χ4n) is 1.75. The quantitative estimate of drug-likeness (QED) is 0.743. The first-order valence-corrected chi connectivity index (χ1v) is 6.03. The van der Waals surface area contributed by atoms with Crippen molar-refractivity contribution < 1.29 is 4.79 Å². The molecular formula is C15H14N4O. The third-order valence-corrected chi connectivity index (χ3v) is 2.83. The van der Waals surface area contributed by atoms with Gasteiger partial charge in [0.05, 0.1) is 23.0 Å². The molecule has 0 aliphatic carbocycles. The maximum atomic E-state index is 11.5. The summed E-state index contributed by atoms with van der Waals surface area (Å²) in [5.41, 5.74) is 9.04. The van der Waals surface area contributed by atoms with Crippen LogP contribution in [0.15, 0.2) is 42.5 Å². The molecule has 100 valence electrons. The van der Waals surface area contributed by atoms with E-state index in [-0.39, 0.29) is 5.91 Å². The van der Waals surface area contributed by atoms with Crippen LogP contribution in [0.1, 0.15) is 15.9 Å². The first kappa shape index (κ1) is 13.4. The minimum absolute atomic E-state index is 0.179.